The standard InChI is InChI=1S/C26H23Cl2N3O7/c1-35-21-10-16(11-22(36-2)24(21)37-3)25(33)29-14-23(32)31-30-13-15-4-7-18(8-5-15)38-26(34)19-9-6-17(27)12-20(19)28/h4-13H,14H2,1-3H3,(H,29,33)(H,31,32)/b30-13+. The summed E-state index contributed by atoms with van der Waals surface area (Å²) >= 11 is 11.9. The summed E-state index contributed by atoms with van der Waals surface area (Å²) in [6.45, 7) is -0.324. The lowest BCUT2D eigenvalue weighted by molar-refractivity contribution is -0.120. The number of hydrazone groups is 1. The lowest BCUT2D eigenvalue weighted by Gasteiger charge is -2.14. The Balaban J connectivity index is 1.50. The average Bonchev–Trinajstić information content (AvgIpc) is 2.91. The third kappa shape index (κ3) is 7.37. The van der Waals surface area contributed by atoms with Gasteiger partial charge in [0.2, 0.25) is 5.75 Å². The molecule has 0 radical (unpaired) electrons. The number of carbonyl (C=O) groups excluding carboxylic acids is 3. The van der Waals surface area contributed by atoms with Crippen molar-refractivity contribution in [3.63, 3.8) is 0 Å². The Bertz CT molecular complexity index is 1340. The Labute approximate surface area is 228 Å². The molecule has 0 spiro atoms. The fraction of sp³-hybridized carbons (Fsp3) is 0.154. The van der Waals surface area contributed by atoms with Gasteiger partial charge >= 0.3 is 5.97 Å². The van der Waals surface area contributed by atoms with Gasteiger partial charge in [-0.2, -0.15) is 5.10 Å². The molecule has 10 nitrogen and oxygen atoms in total. The van der Waals surface area contributed by atoms with E-state index in [1.54, 1.807) is 24.3 Å². The van der Waals surface area contributed by atoms with E-state index < -0.39 is 17.8 Å². The third-order valence-electron chi connectivity index (χ3n) is 4.98. The van der Waals surface area contributed by atoms with Gasteiger partial charge in [-0.3, -0.25) is 9.59 Å². The first-order valence-electron chi connectivity index (χ1n) is 10.9. The minimum atomic E-state index is -0.631. The van der Waals surface area contributed by atoms with Crippen molar-refractivity contribution in [2.24, 2.45) is 5.10 Å². The summed E-state index contributed by atoms with van der Waals surface area (Å²) < 4.78 is 21.0. The van der Waals surface area contributed by atoms with Gasteiger partial charge in [0, 0.05) is 10.6 Å². The maximum Gasteiger partial charge on any atom is 0.345 e. The minimum Gasteiger partial charge on any atom is -0.493 e. The van der Waals surface area contributed by atoms with Gasteiger partial charge < -0.3 is 24.3 Å². The molecule has 0 bridgehead atoms. The van der Waals surface area contributed by atoms with Crippen LogP contribution in [0.2, 0.25) is 10.0 Å². The van der Waals surface area contributed by atoms with E-state index in [1.807, 2.05) is 0 Å². The molecule has 198 valence electrons. The molecule has 2 N–H and O–H groups in total. The van der Waals surface area contributed by atoms with Crippen LogP contribution in [-0.4, -0.2) is 51.9 Å². The Morgan fingerprint density at radius 1 is 0.895 bits per heavy atom. The molecule has 3 aromatic rings. The van der Waals surface area contributed by atoms with Crippen molar-refractivity contribution < 1.29 is 33.3 Å². The number of nitrogens with zero attached hydrogens (tertiary/aromatic N) is 1. The van der Waals surface area contributed by atoms with Crippen LogP contribution < -0.4 is 29.7 Å². The van der Waals surface area contributed by atoms with Crippen molar-refractivity contribution in [2.45, 2.75) is 0 Å². The summed E-state index contributed by atoms with van der Waals surface area (Å²) in [5.41, 5.74) is 3.34. The van der Waals surface area contributed by atoms with Crippen LogP contribution in [0, 0.1) is 0 Å². The second-order valence-corrected chi connectivity index (χ2v) is 8.32. The molecule has 0 saturated heterocycles. The number of carbonyl (C=O) groups is 3. The number of nitrogens with one attached hydrogen (secondary N) is 2. The predicted molar refractivity (Wildman–Crippen MR) is 142 cm³/mol. The highest BCUT2D eigenvalue weighted by molar-refractivity contribution is 6.36. The zero-order valence-corrected chi connectivity index (χ0v) is 22.1. The molecule has 2 amide bonds. The van der Waals surface area contributed by atoms with Gasteiger partial charge in [-0.25, -0.2) is 10.2 Å². The average molecular weight is 560 g/mol. The van der Waals surface area contributed by atoms with Crippen molar-refractivity contribution in [3.8, 4) is 23.0 Å². The van der Waals surface area contributed by atoms with Crippen LogP contribution in [0.25, 0.3) is 0 Å². The molecule has 12 heteroatoms. The SMILES string of the molecule is COc1cc(C(=O)NCC(=O)N/N=C/c2ccc(OC(=O)c3ccc(Cl)cc3Cl)cc2)cc(OC)c1OC. The lowest BCUT2D eigenvalue weighted by Crippen LogP contribution is -2.34. The van der Waals surface area contributed by atoms with Gasteiger partial charge in [-0.15, -0.1) is 0 Å². The van der Waals surface area contributed by atoms with E-state index >= 15 is 0 Å². The van der Waals surface area contributed by atoms with Gasteiger partial charge in [0.1, 0.15) is 5.75 Å². The van der Waals surface area contributed by atoms with Crippen molar-refractivity contribution >= 4 is 47.2 Å². The van der Waals surface area contributed by atoms with Gasteiger partial charge in [-0.05, 0) is 60.2 Å². The van der Waals surface area contributed by atoms with Gasteiger partial charge in [-0.1, -0.05) is 23.2 Å². The first kappa shape index (κ1) is 28.3. The molecular weight excluding hydrogens is 537 g/mol. The fourth-order valence-corrected chi connectivity index (χ4v) is 3.62. The molecule has 0 aromatic heterocycles. The number of rotatable bonds is 10. The molecule has 0 aliphatic rings. The molecule has 0 aliphatic carbocycles. The molecule has 0 unspecified atom stereocenters. The summed E-state index contributed by atoms with van der Waals surface area (Å²) in [7, 11) is 4.32. The Morgan fingerprint density at radius 3 is 2.13 bits per heavy atom. The minimum absolute atomic E-state index is 0.182. The molecule has 0 fully saturated rings. The number of methoxy groups -OCH3 is 3. The summed E-state index contributed by atoms with van der Waals surface area (Å²) in [6.07, 6.45) is 1.39. The molecule has 0 heterocycles. The number of benzene rings is 3. The monoisotopic (exact) mass is 559 g/mol. The van der Waals surface area contributed by atoms with E-state index in [1.165, 1.54) is 57.9 Å². The maximum atomic E-state index is 12.5. The van der Waals surface area contributed by atoms with Crippen molar-refractivity contribution in [2.75, 3.05) is 27.9 Å². The van der Waals surface area contributed by atoms with E-state index in [4.69, 9.17) is 42.1 Å². The van der Waals surface area contributed by atoms with Crippen LogP contribution in [0.5, 0.6) is 23.0 Å². The highest BCUT2D eigenvalue weighted by Gasteiger charge is 2.17. The van der Waals surface area contributed by atoms with Crippen molar-refractivity contribution in [1.82, 2.24) is 10.7 Å². The second kappa shape index (κ2) is 13.3. The van der Waals surface area contributed by atoms with Gasteiger partial charge in [0.05, 0.1) is 44.7 Å². The van der Waals surface area contributed by atoms with Crippen molar-refractivity contribution in [3.05, 3.63) is 81.3 Å². The van der Waals surface area contributed by atoms with E-state index in [2.05, 4.69) is 15.8 Å². The predicted octanol–water partition coefficient (Wildman–Crippen LogP) is 4.12. The topological polar surface area (TPSA) is 125 Å². The smallest absolute Gasteiger partial charge is 0.345 e. The lowest BCUT2D eigenvalue weighted by atomic mass is 10.1. The third-order valence-corrected chi connectivity index (χ3v) is 5.53. The molecule has 3 rings (SSSR count). The van der Waals surface area contributed by atoms with Crippen LogP contribution >= 0.6 is 23.2 Å². The number of esters is 1. The largest absolute Gasteiger partial charge is 0.493 e. The second-order valence-electron chi connectivity index (χ2n) is 7.47. The van der Waals surface area contributed by atoms with Crippen LogP contribution in [0.1, 0.15) is 26.3 Å². The van der Waals surface area contributed by atoms with Gasteiger partial charge in [0.15, 0.2) is 11.5 Å². The fourth-order valence-electron chi connectivity index (χ4n) is 3.13. The van der Waals surface area contributed by atoms with Crippen LogP contribution in [-0.2, 0) is 4.79 Å². The molecule has 0 atom stereocenters. The number of ether oxygens (including phenoxy) is 4. The Hall–Kier alpha value is -4.28. The maximum absolute atomic E-state index is 12.5. The number of amides is 2. The summed E-state index contributed by atoms with van der Waals surface area (Å²) in [5, 5.41) is 6.94. The molecule has 38 heavy (non-hydrogen) atoms. The van der Waals surface area contributed by atoms with Crippen molar-refractivity contribution in [1.29, 1.82) is 0 Å². The summed E-state index contributed by atoms with van der Waals surface area (Å²) in [6, 6.07) is 13.8. The van der Waals surface area contributed by atoms with Crippen LogP contribution in [0.3, 0.4) is 0 Å². The molecule has 0 saturated carbocycles. The Morgan fingerprint density at radius 2 is 1.55 bits per heavy atom. The van der Waals surface area contributed by atoms with Gasteiger partial charge in [0.25, 0.3) is 11.8 Å². The number of hydrogen-bond donors (Lipinski definition) is 2. The normalized spacial score (nSPS) is 10.6. The Kier molecular flexibility index (Phi) is 9.92. The molecule has 3 aromatic carbocycles. The van der Waals surface area contributed by atoms with E-state index in [-0.39, 0.29) is 28.4 Å². The van der Waals surface area contributed by atoms with Crippen LogP contribution in [0.4, 0.5) is 0 Å². The molecular formula is C26H23Cl2N3O7. The highest BCUT2D eigenvalue weighted by Crippen LogP contribution is 2.38. The van der Waals surface area contributed by atoms with E-state index in [0.29, 0.717) is 27.8 Å². The van der Waals surface area contributed by atoms with E-state index in [9.17, 15) is 14.4 Å². The van der Waals surface area contributed by atoms with Crippen LogP contribution in [0.15, 0.2) is 59.7 Å². The zero-order valence-electron chi connectivity index (χ0n) is 20.5. The first-order valence-corrected chi connectivity index (χ1v) is 11.7. The summed E-state index contributed by atoms with van der Waals surface area (Å²) in [4.78, 5) is 36.9. The first-order chi connectivity index (χ1) is 18.2. The van der Waals surface area contributed by atoms with E-state index in [0.717, 1.165) is 0 Å². The quantitative estimate of drug-likeness (QED) is 0.166. The number of hydrogen-bond acceptors (Lipinski definition) is 8. The zero-order chi connectivity index (χ0) is 27.7. The highest BCUT2D eigenvalue weighted by atomic mass is 35.5. The molecule has 0 aliphatic heterocycles. The summed E-state index contributed by atoms with van der Waals surface area (Å²) in [5.74, 6) is -0.455. The number of halogens is 2.